The number of rotatable bonds is 5. The van der Waals surface area contributed by atoms with Crippen LogP contribution in [0.4, 0.5) is 10.1 Å². The number of carbonyl (C=O) groups excluding carboxylic acids is 3. The Bertz CT molecular complexity index is 928. The van der Waals surface area contributed by atoms with Crippen molar-refractivity contribution in [3.63, 3.8) is 0 Å². The number of aryl methyl sites for hydroxylation is 1. The number of aromatic amines is 1. The SMILES string of the molecule is CC(=O)c1c(C)[nH]c(C(=O)N2CCN(CC(=O)Nc3ccc(F)cc3)CC2)c1C. The number of ketones is 1. The number of piperazine rings is 1. The van der Waals surface area contributed by atoms with E-state index in [1.807, 2.05) is 4.90 Å². The number of aromatic nitrogens is 1. The number of hydrogen-bond donors (Lipinski definition) is 2. The smallest absolute Gasteiger partial charge is 0.270 e. The van der Waals surface area contributed by atoms with Crippen LogP contribution < -0.4 is 5.32 Å². The van der Waals surface area contributed by atoms with Crippen LogP contribution in [0.15, 0.2) is 24.3 Å². The van der Waals surface area contributed by atoms with E-state index in [4.69, 9.17) is 0 Å². The number of Topliss-reactive ketones (excluding diaryl/α,β-unsaturated/α-hetero) is 1. The minimum absolute atomic E-state index is 0.0627. The number of amides is 2. The Balaban J connectivity index is 1.54. The summed E-state index contributed by atoms with van der Waals surface area (Å²) in [5.41, 5.74) is 2.96. The summed E-state index contributed by atoms with van der Waals surface area (Å²) in [6, 6.07) is 5.61. The number of nitrogens with one attached hydrogen (secondary N) is 2. The molecule has 0 radical (unpaired) electrons. The predicted molar refractivity (Wildman–Crippen MR) is 108 cm³/mol. The Morgan fingerprint density at radius 1 is 1.07 bits per heavy atom. The van der Waals surface area contributed by atoms with Gasteiger partial charge >= 0.3 is 0 Å². The molecule has 2 N–H and O–H groups in total. The first kappa shape index (κ1) is 20.7. The van der Waals surface area contributed by atoms with E-state index in [-0.39, 0.29) is 30.0 Å². The largest absolute Gasteiger partial charge is 0.354 e. The highest BCUT2D eigenvalue weighted by molar-refractivity contribution is 6.02. The average Bonchev–Trinajstić information content (AvgIpc) is 2.98. The fourth-order valence-electron chi connectivity index (χ4n) is 3.70. The highest BCUT2D eigenvalue weighted by atomic mass is 19.1. The number of benzene rings is 1. The summed E-state index contributed by atoms with van der Waals surface area (Å²) >= 11 is 0. The molecule has 0 saturated carbocycles. The molecule has 1 aromatic carbocycles. The first-order valence-electron chi connectivity index (χ1n) is 9.53. The van der Waals surface area contributed by atoms with E-state index in [9.17, 15) is 18.8 Å². The molecular weight excluding hydrogens is 375 g/mol. The van der Waals surface area contributed by atoms with Gasteiger partial charge in [0.25, 0.3) is 5.91 Å². The summed E-state index contributed by atoms with van der Waals surface area (Å²) in [7, 11) is 0. The normalized spacial score (nSPS) is 14.7. The zero-order chi connectivity index (χ0) is 21.1. The highest BCUT2D eigenvalue weighted by Gasteiger charge is 2.27. The third-order valence-corrected chi connectivity index (χ3v) is 5.16. The van der Waals surface area contributed by atoms with E-state index in [2.05, 4.69) is 10.3 Å². The Morgan fingerprint density at radius 3 is 2.24 bits per heavy atom. The van der Waals surface area contributed by atoms with Crippen molar-refractivity contribution in [3.05, 3.63) is 52.6 Å². The van der Waals surface area contributed by atoms with Crippen molar-refractivity contribution < 1.29 is 18.8 Å². The number of carbonyl (C=O) groups is 3. The highest BCUT2D eigenvalue weighted by Crippen LogP contribution is 2.20. The van der Waals surface area contributed by atoms with E-state index in [1.54, 1.807) is 18.7 Å². The Morgan fingerprint density at radius 2 is 1.69 bits per heavy atom. The fraction of sp³-hybridized carbons (Fsp3) is 0.381. The van der Waals surface area contributed by atoms with Crippen LogP contribution in [0.2, 0.25) is 0 Å². The first-order chi connectivity index (χ1) is 13.8. The lowest BCUT2D eigenvalue weighted by atomic mass is 10.1. The zero-order valence-corrected chi connectivity index (χ0v) is 16.8. The van der Waals surface area contributed by atoms with Gasteiger partial charge in [0, 0.05) is 43.1 Å². The molecule has 2 amide bonds. The second-order valence-electron chi connectivity index (χ2n) is 7.30. The van der Waals surface area contributed by atoms with Gasteiger partial charge in [-0.2, -0.15) is 0 Å². The maximum absolute atomic E-state index is 12.9. The summed E-state index contributed by atoms with van der Waals surface area (Å²) in [6.45, 7) is 7.40. The third-order valence-electron chi connectivity index (χ3n) is 5.16. The molecule has 1 aromatic heterocycles. The third kappa shape index (κ3) is 4.71. The van der Waals surface area contributed by atoms with Gasteiger partial charge in [0.1, 0.15) is 11.5 Å². The standard InChI is InChI=1S/C21H25FN4O3/c1-13-19(15(3)27)14(2)23-20(13)21(29)26-10-8-25(9-11-26)12-18(28)24-17-6-4-16(22)5-7-17/h4-7,23H,8-12H2,1-3H3,(H,24,28). The average molecular weight is 400 g/mol. The number of H-pyrrole nitrogens is 1. The number of halogens is 1. The molecule has 2 aromatic rings. The van der Waals surface area contributed by atoms with Gasteiger partial charge < -0.3 is 15.2 Å². The van der Waals surface area contributed by atoms with Crippen molar-refractivity contribution in [1.29, 1.82) is 0 Å². The van der Waals surface area contributed by atoms with E-state index in [1.165, 1.54) is 31.2 Å². The molecule has 1 aliphatic rings. The monoisotopic (exact) mass is 400 g/mol. The lowest BCUT2D eigenvalue weighted by molar-refractivity contribution is -0.117. The molecule has 7 nitrogen and oxygen atoms in total. The number of hydrogen-bond acceptors (Lipinski definition) is 4. The van der Waals surface area contributed by atoms with Crippen LogP contribution >= 0.6 is 0 Å². The second-order valence-corrected chi connectivity index (χ2v) is 7.30. The van der Waals surface area contributed by atoms with E-state index in [0.717, 1.165) is 0 Å². The Kier molecular flexibility index (Phi) is 6.12. The summed E-state index contributed by atoms with van der Waals surface area (Å²) in [5.74, 6) is -0.731. The van der Waals surface area contributed by atoms with Crippen molar-refractivity contribution in [2.75, 3.05) is 38.0 Å². The van der Waals surface area contributed by atoms with Gasteiger partial charge in [0.15, 0.2) is 5.78 Å². The second kappa shape index (κ2) is 8.57. The maximum atomic E-state index is 12.9. The minimum Gasteiger partial charge on any atom is -0.354 e. The van der Waals surface area contributed by atoms with E-state index >= 15 is 0 Å². The first-order valence-corrected chi connectivity index (χ1v) is 9.53. The van der Waals surface area contributed by atoms with Crippen molar-refractivity contribution in [3.8, 4) is 0 Å². The molecule has 8 heteroatoms. The van der Waals surface area contributed by atoms with Crippen LogP contribution in [0.3, 0.4) is 0 Å². The molecule has 1 saturated heterocycles. The summed E-state index contributed by atoms with van der Waals surface area (Å²) in [4.78, 5) is 43.6. The molecule has 2 heterocycles. The molecule has 1 aliphatic heterocycles. The topological polar surface area (TPSA) is 85.5 Å². The van der Waals surface area contributed by atoms with Crippen LogP contribution in [0.5, 0.6) is 0 Å². The lowest BCUT2D eigenvalue weighted by Gasteiger charge is -2.34. The molecule has 0 spiro atoms. The molecule has 0 atom stereocenters. The summed E-state index contributed by atoms with van der Waals surface area (Å²) < 4.78 is 12.9. The van der Waals surface area contributed by atoms with Crippen molar-refractivity contribution in [1.82, 2.24) is 14.8 Å². The quantitative estimate of drug-likeness (QED) is 0.755. The number of anilines is 1. The van der Waals surface area contributed by atoms with Gasteiger partial charge in [-0.1, -0.05) is 0 Å². The van der Waals surface area contributed by atoms with Gasteiger partial charge in [-0.25, -0.2) is 4.39 Å². The Labute approximate surface area is 168 Å². The van der Waals surface area contributed by atoms with Crippen molar-refractivity contribution in [2.45, 2.75) is 20.8 Å². The van der Waals surface area contributed by atoms with Crippen molar-refractivity contribution in [2.24, 2.45) is 0 Å². The van der Waals surface area contributed by atoms with Gasteiger partial charge in [-0.15, -0.1) is 0 Å². The molecule has 154 valence electrons. The van der Waals surface area contributed by atoms with Crippen molar-refractivity contribution >= 4 is 23.3 Å². The van der Waals surface area contributed by atoms with Crippen LogP contribution in [-0.2, 0) is 4.79 Å². The van der Waals surface area contributed by atoms with E-state index in [0.29, 0.717) is 54.4 Å². The molecule has 0 bridgehead atoms. The Hall–Kier alpha value is -3.00. The van der Waals surface area contributed by atoms with Crippen LogP contribution in [0, 0.1) is 19.7 Å². The van der Waals surface area contributed by atoms with Gasteiger partial charge in [0.2, 0.25) is 5.91 Å². The van der Waals surface area contributed by atoms with Crippen LogP contribution in [0.1, 0.15) is 39.0 Å². The molecule has 0 aliphatic carbocycles. The minimum atomic E-state index is -0.355. The van der Waals surface area contributed by atoms with Gasteiger partial charge in [-0.3, -0.25) is 19.3 Å². The summed E-state index contributed by atoms with van der Waals surface area (Å²) in [5, 5.41) is 2.74. The molecule has 0 unspecified atom stereocenters. The maximum Gasteiger partial charge on any atom is 0.270 e. The molecule has 29 heavy (non-hydrogen) atoms. The molecule has 1 fully saturated rings. The number of nitrogens with zero attached hydrogens (tertiary/aromatic N) is 2. The zero-order valence-electron chi connectivity index (χ0n) is 16.8. The van der Waals surface area contributed by atoms with Gasteiger partial charge in [0.05, 0.1) is 6.54 Å². The molecule has 3 rings (SSSR count). The van der Waals surface area contributed by atoms with E-state index < -0.39 is 0 Å². The predicted octanol–water partition coefficient (Wildman–Crippen LogP) is 2.37. The summed E-state index contributed by atoms with van der Waals surface area (Å²) in [6.07, 6.45) is 0. The van der Waals surface area contributed by atoms with Gasteiger partial charge in [-0.05, 0) is 50.6 Å². The molecular formula is C21H25FN4O3. The van der Waals surface area contributed by atoms with Crippen LogP contribution in [0.25, 0.3) is 0 Å². The fourth-order valence-corrected chi connectivity index (χ4v) is 3.70. The lowest BCUT2D eigenvalue weighted by Crippen LogP contribution is -2.50. The van der Waals surface area contributed by atoms with Crippen LogP contribution in [-0.4, -0.2) is 65.1 Å².